The molecular formula is C19H25N3. The van der Waals surface area contributed by atoms with Gasteiger partial charge in [-0.3, -0.25) is 4.90 Å². The molecule has 3 rings (SSSR count). The van der Waals surface area contributed by atoms with E-state index < -0.39 is 0 Å². The molecule has 2 aromatic rings. The van der Waals surface area contributed by atoms with Crippen molar-refractivity contribution in [1.82, 2.24) is 9.80 Å². The van der Waals surface area contributed by atoms with Crippen LogP contribution in [0.1, 0.15) is 11.1 Å². The summed E-state index contributed by atoms with van der Waals surface area (Å²) in [5.74, 6) is 0. The Labute approximate surface area is 133 Å². The molecule has 1 fully saturated rings. The van der Waals surface area contributed by atoms with Crippen LogP contribution in [0.25, 0.3) is 11.1 Å². The van der Waals surface area contributed by atoms with Gasteiger partial charge < -0.3 is 10.6 Å². The largest absolute Gasteiger partial charge is 0.326 e. The minimum Gasteiger partial charge on any atom is -0.326 e. The highest BCUT2D eigenvalue weighted by atomic mass is 15.2. The summed E-state index contributed by atoms with van der Waals surface area (Å²) in [6.45, 7) is 6.25. The number of nitrogens with two attached hydrogens (primary N) is 1. The fourth-order valence-corrected chi connectivity index (χ4v) is 3.01. The number of benzene rings is 2. The molecule has 1 heterocycles. The van der Waals surface area contributed by atoms with Crippen LogP contribution in [0.5, 0.6) is 0 Å². The molecule has 3 heteroatoms. The zero-order chi connectivity index (χ0) is 15.4. The number of nitrogens with zero attached hydrogens (tertiary/aromatic N) is 2. The van der Waals surface area contributed by atoms with Crippen molar-refractivity contribution in [3.63, 3.8) is 0 Å². The average molecular weight is 295 g/mol. The minimum absolute atomic E-state index is 0.600. The van der Waals surface area contributed by atoms with Crippen molar-refractivity contribution in [2.75, 3.05) is 33.2 Å². The van der Waals surface area contributed by atoms with E-state index in [0.717, 1.165) is 32.7 Å². The second-order valence-corrected chi connectivity index (χ2v) is 6.14. The first-order chi connectivity index (χ1) is 10.8. The third-order valence-corrected chi connectivity index (χ3v) is 4.51. The summed E-state index contributed by atoms with van der Waals surface area (Å²) in [5.41, 5.74) is 10.9. The normalized spacial score (nSPS) is 16.8. The van der Waals surface area contributed by atoms with Crippen LogP contribution in [0.15, 0.2) is 48.5 Å². The number of hydrogen-bond donors (Lipinski definition) is 1. The Morgan fingerprint density at radius 2 is 1.59 bits per heavy atom. The van der Waals surface area contributed by atoms with Crippen molar-refractivity contribution < 1.29 is 0 Å². The van der Waals surface area contributed by atoms with Crippen LogP contribution in [0.4, 0.5) is 0 Å². The van der Waals surface area contributed by atoms with E-state index in [9.17, 15) is 0 Å². The molecule has 0 unspecified atom stereocenters. The fourth-order valence-electron chi connectivity index (χ4n) is 3.01. The highest BCUT2D eigenvalue weighted by Gasteiger charge is 2.15. The van der Waals surface area contributed by atoms with Gasteiger partial charge in [0.2, 0.25) is 0 Å². The topological polar surface area (TPSA) is 32.5 Å². The molecule has 2 N–H and O–H groups in total. The highest BCUT2D eigenvalue weighted by Crippen LogP contribution is 2.25. The lowest BCUT2D eigenvalue weighted by Gasteiger charge is -2.32. The van der Waals surface area contributed by atoms with E-state index in [4.69, 9.17) is 5.73 Å². The lowest BCUT2D eigenvalue weighted by molar-refractivity contribution is 0.148. The third kappa shape index (κ3) is 3.55. The Morgan fingerprint density at radius 3 is 2.27 bits per heavy atom. The van der Waals surface area contributed by atoms with E-state index in [1.165, 1.54) is 22.3 Å². The van der Waals surface area contributed by atoms with Crippen LogP contribution in [0.3, 0.4) is 0 Å². The average Bonchev–Trinajstić information content (AvgIpc) is 2.58. The van der Waals surface area contributed by atoms with Crippen molar-refractivity contribution in [1.29, 1.82) is 0 Å². The van der Waals surface area contributed by atoms with Crippen LogP contribution in [0.2, 0.25) is 0 Å². The lowest BCUT2D eigenvalue weighted by atomic mass is 9.98. The van der Waals surface area contributed by atoms with Gasteiger partial charge in [-0.2, -0.15) is 0 Å². The molecular weight excluding hydrogens is 270 g/mol. The van der Waals surface area contributed by atoms with Crippen LogP contribution in [-0.4, -0.2) is 43.0 Å². The van der Waals surface area contributed by atoms with E-state index in [-0.39, 0.29) is 0 Å². The van der Waals surface area contributed by atoms with Crippen molar-refractivity contribution in [2.24, 2.45) is 5.73 Å². The maximum Gasteiger partial charge on any atom is 0.0240 e. The molecule has 0 radical (unpaired) electrons. The van der Waals surface area contributed by atoms with Crippen molar-refractivity contribution in [3.8, 4) is 11.1 Å². The van der Waals surface area contributed by atoms with E-state index in [0.29, 0.717) is 6.54 Å². The predicted molar refractivity (Wildman–Crippen MR) is 92.5 cm³/mol. The minimum atomic E-state index is 0.600. The molecule has 116 valence electrons. The van der Waals surface area contributed by atoms with Crippen LogP contribution >= 0.6 is 0 Å². The van der Waals surface area contributed by atoms with Crippen molar-refractivity contribution in [3.05, 3.63) is 59.7 Å². The number of likely N-dealkylation sites (N-methyl/N-ethyl adjacent to an activating group) is 1. The van der Waals surface area contributed by atoms with Crippen molar-refractivity contribution >= 4 is 0 Å². The number of piperazine rings is 1. The molecule has 22 heavy (non-hydrogen) atoms. The van der Waals surface area contributed by atoms with Gasteiger partial charge in [-0.25, -0.2) is 0 Å². The third-order valence-electron chi connectivity index (χ3n) is 4.51. The first-order valence-electron chi connectivity index (χ1n) is 8.04. The summed E-state index contributed by atoms with van der Waals surface area (Å²) in [5, 5.41) is 0. The summed E-state index contributed by atoms with van der Waals surface area (Å²) >= 11 is 0. The predicted octanol–water partition coefficient (Wildman–Crippen LogP) is 2.56. The molecule has 0 spiro atoms. The zero-order valence-electron chi connectivity index (χ0n) is 13.3. The van der Waals surface area contributed by atoms with Crippen LogP contribution in [0, 0.1) is 0 Å². The SMILES string of the molecule is CN1CCN(Cc2ccccc2-c2ccc(CN)cc2)CC1. The van der Waals surface area contributed by atoms with Gasteiger partial charge in [-0.1, -0.05) is 48.5 Å². The molecule has 0 amide bonds. The Kier molecular flexibility index (Phi) is 4.88. The summed E-state index contributed by atoms with van der Waals surface area (Å²) in [6, 6.07) is 17.4. The summed E-state index contributed by atoms with van der Waals surface area (Å²) in [4.78, 5) is 4.95. The molecule has 2 aromatic carbocycles. The molecule has 3 nitrogen and oxygen atoms in total. The second-order valence-electron chi connectivity index (χ2n) is 6.14. The molecule has 1 aliphatic rings. The molecule has 1 saturated heterocycles. The maximum absolute atomic E-state index is 5.69. The van der Waals surface area contributed by atoms with Crippen LogP contribution in [-0.2, 0) is 13.1 Å². The van der Waals surface area contributed by atoms with Gasteiger partial charge in [0.25, 0.3) is 0 Å². The Balaban J connectivity index is 1.80. The maximum atomic E-state index is 5.69. The first kappa shape index (κ1) is 15.2. The molecule has 1 aliphatic heterocycles. The number of hydrogen-bond acceptors (Lipinski definition) is 3. The second kappa shape index (κ2) is 7.05. The molecule has 0 bridgehead atoms. The smallest absolute Gasteiger partial charge is 0.0240 e. The van der Waals surface area contributed by atoms with E-state index in [2.05, 4.69) is 65.4 Å². The molecule has 0 saturated carbocycles. The van der Waals surface area contributed by atoms with Crippen LogP contribution < -0.4 is 5.73 Å². The molecule has 0 atom stereocenters. The lowest BCUT2D eigenvalue weighted by Crippen LogP contribution is -2.43. The van der Waals surface area contributed by atoms with E-state index in [1.807, 2.05) is 0 Å². The van der Waals surface area contributed by atoms with Gasteiger partial charge in [-0.05, 0) is 29.3 Å². The van der Waals surface area contributed by atoms with Gasteiger partial charge in [-0.15, -0.1) is 0 Å². The molecule has 0 aliphatic carbocycles. The summed E-state index contributed by atoms with van der Waals surface area (Å²) in [7, 11) is 2.20. The van der Waals surface area contributed by atoms with Gasteiger partial charge in [0, 0.05) is 39.3 Å². The number of rotatable bonds is 4. The molecule has 0 aromatic heterocycles. The quantitative estimate of drug-likeness (QED) is 0.941. The van der Waals surface area contributed by atoms with Crippen molar-refractivity contribution in [2.45, 2.75) is 13.1 Å². The van der Waals surface area contributed by atoms with E-state index >= 15 is 0 Å². The monoisotopic (exact) mass is 295 g/mol. The summed E-state index contributed by atoms with van der Waals surface area (Å²) in [6.07, 6.45) is 0. The zero-order valence-corrected chi connectivity index (χ0v) is 13.3. The standard InChI is InChI=1S/C19H25N3/c1-21-10-12-22(13-11-21)15-18-4-2-3-5-19(18)17-8-6-16(14-20)7-9-17/h2-9H,10-15,20H2,1H3. The van der Waals surface area contributed by atoms with Gasteiger partial charge in [0.1, 0.15) is 0 Å². The van der Waals surface area contributed by atoms with Gasteiger partial charge >= 0.3 is 0 Å². The van der Waals surface area contributed by atoms with E-state index in [1.54, 1.807) is 0 Å². The Hall–Kier alpha value is -1.68. The highest BCUT2D eigenvalue weighted by molar-refractivity contribution is 5.67. The Bertz CT molecular complexity index is 598. The summed E-state index contributed by atoms with van der Waals surface area (Å²) < 4.78 is 0. The fraction of sp³-hybridized carbons (Fsp3) is 0.368. The first-order valence-corrected chi connectivity index (χ1v) is 8.04. The Morgan fingerprint density at radius 1 is 0.909 bits per heavy atom. The van der Waals surface area contributed by atoms with Gasteiger partial charge in [0.15, 0.2) is 0 Å². The van der Waals surface area contributed by atoms with Gasteiger partial charge in [0.05, 0.1) is 0 Å².